The lowest BCUT2D eigenvalue weighted by Gasteiger charge is -2.01. The summed E-state index contributed by atoms with van der Waals surface area (Å²) in [6.07, 6.45) is 0. The Kier molecular flexibility index (Phi) is 4.83. The summed E-state index contributed by atoms with van der Waals surface area (Å²) >= 11 is 0. The number of rotatable bonds is 6. The van der Waals surface area contributed by atoms with Crippen molar-refractivity contribution >= 4 is 22.2 Å². The molecule has 0 aliphatic heterocycles. The maximum atomic E-state index is 10.0. The molecule has 0 unspecified atom stereocenters. The smallest absolute Gasteiger partial charge is 0.327 e. The van der Waals surface area contributed by atoms with Crippen LogP contribution in [0.3, 0.4) is 0 Å². The van der Waals surface area contributed by atoms with E-state index in [1.807, 2.05) is 0 Å². The van der Waals surface area contributed by atoms with Crippen LogP contribution in [0.15, 0.2) is 14.3 Å². The molecule has 0 fully saturated rings. The zero-order valence-electron chi connectivity index (χ0n) is 8.36. The molecule has 0 spiro atoms. The third-order valence-corrected chi connectivity index (χ3v) is 1.79. The topological polar surface area (TPSA) is 168 Å². The molecule has 0 aromatic carbocycles. The summed E-state index contributed by atoms with van der Waals surface area (Å²) in [5.74, 6) is -0.0857. The zero-order chi connectivity index (χ0) is 12.7. The molecule has 0 bridgehead atoms. The van der Waals surface area contributed by atoms with Gasteiger partial charge in [0.25, 0.3) is 0 Å². The Labute approximate surface area is 96.3 Å². The first-order valence-electron chi connectivity index (χ1n) is 4.22. The fourth-order valence-corrected chi connectivity index (χ4v) is 1.05. The lowest BCUT2D eigenvalue weighted by atomic mass is 10.4. The fourth-order valence-electron chi connectivity index (χ4n) is 0.855. The van der Waals surface area contributed by atoms with Crippen molar-refractivity contribution in [2.24, 2.45) is 15.4 Å². The van der Waals surface area contributed by atoms with Crippen LogP contribution in [-0.2, 0) is 10.5 Å². The van der Waals surface area contributed by atoms with Crippen LogP contribution in [0, 0.1) is 0 Å². The van der Waals surface area contributed by atoms with Gasteiger partial charge in [0.05, 0.1) is 0 Å². The molecular formula is C5H9N7O4S. The molecule has 12 heteroatoms. The zero-order valence-corrected chi connectivity index (χ0v) is 9.18. The first-order chi connectivity index (χ1) is 8.15. The molecule has 17 heavy (non-hydrogen) atoms. The second-order valence-electron chi connectivity index (χ2n) is 2.59. The standard InChI is InChI=1S/C5H9N7O4S/c6-4(9-13)3-5(11-16-10-3)7-1-2-8-12-17(14)15/h8,13H,1-2H2,(H2,6,9)(H,7,11). The molecule has 1 rings (SSSR count). The van der Waals surface area contributed by atoms with Crippen molar-refractivity contribution in [1.82, 2.24) is 15.7 Å². The van der Waals surface area contributed by atoms with Crippen LogP contribution in [0.25, 0.3) is 0 Å². The van der Waals surface area contributed by atoms with Crippen molar-refractivity contribution in [1.29, 1.82) is 0 Å². The second-order valence-corrected chi connectivity index (χ2v) is 3.21. The van der Waals surface area contributed by atoms with Gasteiger partial charge in [-0.2, -0.15) is 13.8 Å². The highest BCUT2D eigenvalue weighted by Crippen LogP contribution is 2.07. The molecule has 1 heterocycles. The van der Waals surface area contributed by atoms with E-state index in [1.54, 1.807) is 0 Å². The second kappa shape index (κ2) is 6.39. The molecule has 0 atom stereocenters. The predicted octanol–water partition coefficient (Wildman–Crippen LogP) is -1.86. The summed E-state index contributed by atoms with van der Waals surface area (Å²) in [6, 6.07) is 0. The van der Waals surface area contributed by atoms with Gasteiger partial charge in [-0.15, -0.1) is 0 Å². The van der Waals surface area contributed by atoms with E-state index in [1.165, 1.54) is 0 Å². The normalized spacial score (nSPS) is 11.2. The Morgan fingerprint density at radius 2 is 2.24 bits per heavy atom. The Morgan fingerprint density at radius 1 is 1.47 bits per heavy atom. The maximum absolute atomic E-state index is 10.0. The molecule has 1 aromatic heterocycles. The number of nitrogens with zero attached hydrogens (tertiary/aromatic N) is 4. The van der Waals surface area contributed by atoms with Crippen molar-refractivity contribution < 1.29 is 18.3 Å². The van der Waals surface area contributed by atoms with Gasteiger partial charge >= 0.3 is 10.5 Å². The molecule has 11 nitrogen and oxygen atoms in total. The summed E-state index contributed by atoms with van der Waals surface area (Å²) in [4.78, 5) is 0. The summed E-state index contributed by atoms with van der Waals surface area (Å²) in [6.45, 7) is 0.497. The van der Waals surface area contributed by atoms with E-state index < -0.39 is 10.5 Å². The first-order valence-corrected chi connectivity index (χ1v) is 5.25. The number of nitrogens with two attached hydrogens (primary N) is 1. The average molecular weight is 263 g/mol. The lowest BCUT2D eigenvalue weighted by molar-refractivity contribution is 0.304. The van der Waals surface area contributed by atoms with E-state index in [0.717, 1.165) is 0 Å². The van der Waals surface area contributed by atoms with Gasteiger partial charge in [0.15, 0.2) is 11.5 Å². The first kappa shape index (κ1) is 12.9. The molecule has 1 aromatic rings. The maximum Gasteiger partial charge on any atom is 0.327 e. The van der Waals surface area contributed by atoms with Crippen LogP contribution < -0.4 is 16.5 Å². The molecule has 0 saturated carbocycles. The molecule has 0 aliphatic rings. The van der Waals surface area contributed by atoms with Crippen molar-refractivity contribution in [3.63, 3.8) is 0 Å². The average Bonchev–Trinajstić information content (AvgIpc) is 2.75. The largest absolute Gasteiger partial charge is 0.409 e. The number of hydrogen-bond acceptors (Lipinski definition) is 9. The SMILES string of the molecule is NC(=NO)c1nonc1NCCNN=S(=O)=O. The van der Waals surface area contributed by atoms with E-state index in [9.17, 15) is 8.42 Å². The van der Waals surface area contributed by atoms with Gasteiger partial charge in [0.1, 0.15) is 0 Å². The van der Waals surface area contributed by atoms with Crippen LogP contribution in [0.1, 0.15) is 5.69 Å². The third-order valence-electron chi connectivity index (χ3n) is 1.51. The van der Waals surface area contributed by atoms with Crippen molar-refractivity contribution in [2.75, 3.05) is 18.4 Å². The molecule has 0 aliphatic carbocycles. The third kappa shape index (κ3) is 4.04. The van der Waals surface area contributed by atoms with Crippen LogP contribution in [-0.4, -0.2) is 42.9 Å². The number of amidine groups is 1. The van der Waals surface area contributed by atoms with Gasteiger partial charge in [-0.25, -0.2) is 4.63 Å². The summed E-state index contributed by atoms with van der Waals surface area (Å²) in [5, 5.41) is 20.8. The Hall–Kier alpha value is -2.21. The highest BCUT2D eigenvalue weighted by Gasteiger charge is 2.13. The minimum absolute atomic E-state index is 0.0526. The van der Waals surface area contributed by atoms with Gasteiger partial charge in [0.2, 0.25) is 5.82 Å². The molecule has 5 N–H and O–H groups in total. The van der Waals surface area contributed by atoms with E-state index in [-0.39, 0.29) is 30.4 Å². The quantitative estimate of drug-likeness (QED) is 0.151. The van der Waals surface area contributed by atoms with Crippen LogP contribution in [0.5, 0.6) is 0 Å². The molecule has 0 amide bonds. The van der Waals surface area contributed by atoms with Gasteiger partial charge in [-0.05, 0) is 10.3 Å². The van der Waals surface area contributed by atoms with Crippen molar-refractivity contribution in [2.45, 2.75) is 0 Å². The minimum atomic E-state index is -2.50. The highest BCUT2D eigenvalue weighted by atomic mass is 32.2. The van der Waals surface area contributed by atoms with Gasteiger partial charge in [-0.3, -0.25) is 0 Å². The number of aromatic nitrogens is 2. The Morgan fingerprint density at radius 3 is 2.88 bits per heavy atom. The summed E-state index contributed by atoms with van der Waals surface area (Å²) in [5.41, 5.74) is 7.61. The monoisotopic (exact) mass is 263 g/mol. The molecular weight excluding hydrogens is 254 g/mol. The minimum Gasteiger partial charge on any atom is -0.409 e. The van der Waals surface area contributed by atoms with Crippen molar-refractivity contribution in [3.8, 4) is 0 Å². The number of nitrogens with one attached hydrogen (secondary N) is 2. The predicted molar refractivity (Wildman–Crippen MR) is 54.6 cm³/mol. The van der Waals surface area contributed by atoms with Crippen molar-refractivity contribution in [3.05, 3.63) is 5.69 Å². The van der Waals surface area contributed by atoms with Crippen LogP contribution in [0.2, 0.25) is 0 Å². The van der Waals surface area contributed by atoms with E-state index in [2.05, 4.69) is 35.3 Å². The Balaban J connectivity index is 2.47. The molecule has 0 radical (unpaired) electrons. The lowest BCUT2D eigenvalue weighted by Crippen LogP contribution is -2.20. The van der Waals surface area contributed by atoms with Crippen LogP contribution >= 0.6 is 0 Å². The number of hydrogen-bond donors (Lipinski definition) is 4. The number of anilines is 1. The summed E-state index contributed by atoms with van der Waals surface area (Å²) < 4.78 is 27.4. The molecule has 94 valence electrons. The van der Waals surface area contributed by atoms with Crippen LogP contribution in [0.4, 0.5) is 5.82 Å². The van der Waals surface area contributed by atoms with Gasteiger partial charge in [0, 0.05) is 13.1 Å². The van der Waals surface area contributed by atoms with Gasteiger partial charge in [-0.1, -0.05) is 9.63 Å². The number of oxime groups is 1. The Bertz CT molecular complexity index is 512. The fraction of sp³-hybridized carbons (Fsp3) is 0.400. The highest BCUT2D eigenvalue weighted by molar-refractivity contribution is 7.61. The summed E-state index contributed by atoms with van der Waals surface area (Å²) in [7, 11) is -2.50. The van der Waals surface area contributed by atoms with E-state index in [0.29, 0.717) is 0 Å². The molecule has 0 saturated heterocycles. The van der Waals surface area contributed by atoms with Gasteiger partial charge < -0.3 is 16.3 Å². The van der Waals surface area contributed by atoms with E-state index >= 15 is 0 Å². The van der Waals surface area contributed by atoms with E-state index in [4.69, 9.17) is 10.9 Å².